The standard InChI is InChI=1S/C22H22FN3O2/c23-18-11-7-8-16(14-18)15-20(27)26-13-6-2-5-12-19(26)22-25-24-21(28-22)17-9-3-1-4-10-17/h1,3-4,7-11,14,19H,2,5-6,12-13,15H2. The van der Waals surface area contributed by atoms with Crippen LogP contribution in [0, 0.1) is 5.82 Å². The van der Waals surface area contributed by atoms with Gasteiger partial charge in [0.1, 0.15) is 11.9 Å². The zero-order valence-electron chi connectivity index (χ0n) is 15.6. The molecule has 1 saturated heterocycles. The summed E-state index contributed by atoms with van der Waals surface area (Å²) in [5, 5.41) is 8.42. The van der Waals surface area contributed by atoms with E-state index >= 15 is 0 Å². The molecule has 2 aromatic carbocycles. The third kappa shape index (κ3) is 4.11. The van der Waals surface area contributed by atoms with Crippen LogP contribution in [-0.2, 0) is 11.2 Å². The first-order valence-electron chi connectivity index (χ1n) is 9.63. The van der Waals surface area contributed by atoms with Crippen LogP contribution >= 0.6 is 0 Å². The van der Waals surface area contributed by atoms with Gasteiger partial charge in [-0.2, -0.15) is 0 Å². The van der Waals surface area contributed by atoms with Crippen LogP contribution in [0.1, 0.15) is 43.2 Å². The highest BCUT2D eigenvalue weighted by atomic mass is 19.1. The average molecular weight is 379 g/mol. The van der Waals surface area contributed by atoms with Crippen molar-refractivity contribution in [2.75, 3.05) is 6.54 Å². The predicted octanol–water partition coefficient (Wildman–Crippen LogP) is 4.56. The number of carbonyl (C=O) groups is 1. The van der Waals surface area contributed by atoms with Gasteiger partial charge in [-0.3, -0.25) is 4.79 Å². The van der Waals surface area contributed by atoms with E-state index in [1.54, 1.807) is 12.1 Å². The lowest BCUT2D eigenvalue weighted by Crippen LogP contribution is -2.36. The Morgan fingerprint density at radius 1 is 1.07 bits per heavy atom. The molecule has 144 valence electrons. The van der Waals surface area contributed by atoms with Crippen molar-refractivity contribution >= 4 is 5.91 Å². The monoisotopic (exact) mass is 379 g/mol. The lowest BCUT2D eigenvalue weighted by molar-refractivity contribution is -0.133. The number of hydrogen-bond acceptors (Lipinski definition) is 4. The second-order valence-electron chi connectivity index (χ2n) is 7.07. The molecule has 0 spiro atoms. The van der Waals surface area contributed by atoms with Crippen molar-refractivity contribution < 1.29 is 13.6 Å². The summed E-state index contributed by atoms with van der Waals surface area (Å²) in [4.78, 5) is 14.8. The Hall–Kier alpha value is -3.02. The third-order valence-electron chi connectivity index (χ3n) is 5.06. The number of likely N-dealkylation sites (tertiary alicyclic amines) is 1. The van der Waals surface area contributed by atoms with Gasteiger partial charge in [0.05, 0.1) is 6.42 Å². The Morgan fingerprint density at radius 2 is 1.93 bits per heavy atom. The van der Waals surface area contributed by atoms with Crippen molar-refractivity contribution in [2.24, 2.45) is 0 Å². The van der Waals surface area contributed by atoms with Crippen molar-refractivity contribution in [1.82, 2.24) is 15.1 Å². The second kappa shape index (κ2) is 8.33. The Kier molecular flexibility index (Phi) is 5.46. The minimum absolute atomic E-state index is 0.0445. The molecule has 1 atom stereocenters. The number of nitrogens with zero attached hydrogens (tertiary/aromatic N) is 3. The van der Waals surface area contributed by atoms with Gasteiger partial charge in [0.2, 0.25) is 17.7 Å². The largest absolute Gasteiger partial charge is 0.418 e. The molecule has 2 heterocycles. The molecule has 1 aliphatic rings. The first-order chi connectivity index (χ1) is 13.7. The van der Waals surface area contributed by atoms with Gasteiger partial charge in [0.15, 0.2) is 0 Å². The summed E-state index contributed by atoms with van der Waals surface area (Å²) in [6.45, 7) is 0.641. The van der Waals surface area contributed by atoms with Crippen molar-refractivity contribution in [2.45, 2.75) is 38.1 Å². The molecular formula is C22H22FN3O2. The van der Waals surface area contributed by atoms with Crippen molar-refractivity contribution in [3.63, 3.8) is 0 Å². The minimum atomic E-state index is -0.331. The SMILES string of the molecule is O=C(Cc1cccc(F)c1)N1CCCCCC1c1nnc(-c2ccccc2)o1. The van der Waals surface area contributed by atoms with Gasteiger partial charge in [-0.1, -0.05) is 43.2 Å². The fraction of sp³-hybridized carbons (Fsp3) is 0.318. The molecule has 1 aromatic heterocycles. The molecule has 4 rings (SSSR count). The van der Waals surface area contributed by atoms with E-state index in [0.717, 1.165) is 31.2 Å². The number of aromatic nitrogens is 2. The minimum Gasteiger partial charge on any atom is -0.418 e. The summed E-state index contributed by atoms with van der Waals surface area (Å²) < 4.78 is 19.4. The van der Waals surface area contributed by atoms with Crippen LogP contribution in [0.25, 0.3) is 11.5 Å². The molecule has 1 amide bonds. The van der Waals surface area contributed by atoms with E-state index in [-0.39, 0.29) is 24.2 Å². The van der Waals surface area contributed by atoms with Crippen LogP contribution in [0.15, 0.2) is 59.0 Å². The van der Waals surface area contributed by atoms with E-state index in [1.807, 2.05) is 35.2 Å². The molecule has 0 bridgehead atoms. The fourth-order valence-electron chi connectivity index (χ4n) is 3.65. The number of carbonyl (C=O) groups excluding carboxylic acids is 1. The molecule has 0 N–H and O–H groups in total. The number of amides is 1. The summed E-state index contributed by atoms with van der Waals surface area (Å²) >= 11 is 0. The van der Waals surface area contributed by atoms with Gasteiger partial charge < -0.3 is 9.32 Å². The van der Waals surface area contributed by atoms with Gasteiger partial charge in [-0.25, -0.2) is 4.39 Å². The van der Waals surface area contributed by atoms with E-state index in [2.05, 4.69) is 10.2 Å². The number of rotatable bonds is 4. The highest BCUT2D eigenvalue weighted by molar-refractivity contribution is 5.79. The summed E-state index contributed by atoms with van der Waals surface area (Å²) in [7, 11) is 0. The predicted molar refractivity (Wildman–Crippen MR) is 103 cm³/mol. The normalized spacial score (nSPS) is 17.3. The molecule has 1 aliphatic heterocycles. The number of benzene rings is 2. The maximum absolute atomic E-state index is 13.5. The molecule has 6 heteroatoms. The number of halogens is 1. The topological polar surface area (TPSA) is 59.2 Å². The van der Waals surface area contributed by atoms with Crippen LogP contribution in [0.2, 0.25) is 0 Å². The van der Waals surface area contributed by atoms with Crippen LogP contribution in [0.5, 0.6) is 0 Å². The summed E-state index contributed by atoms with van der Waals surface area (Å²) in [6.07, 6.45) is 3.93. The van der Waals surface area contributed by atoms with Gasteiger partial charge in [0, 0.05) is 12.1 Å². The van der Waals surface area contributed by atoms with Gasteiger partial charge >= 0.3 is 0 Å². The molecule has 0 radical (unpaired) electrons. The van der Waals surface area contributed by atoms with Crippen LogP contribution < -0.4 is 0 Å². The molecule has 0 saturated carbocycles. The first-order valence-corrected chi connectivity index (χ1v) is 9.63. The molecule has 1 fully saturated rings. The Morgan fingerprint density at radius 3 is 2.75 bits per heavy atom. The molecule has 0 aliphatic carbocycles. The molecule has 3 aromatic rings. The molecule has 1 unspecified atom stereocenters. The molecular weight excluding hydrogens is 357 g/mol. The zero-order valence-corrected chi connectivity index (χ0v) is 15.6. The Balaban J connectivity index is 1.57. The molecule has 28 heavy (non-hydrogen) atoms. The quantitative estimate of drug-likeness (QED) is 0.667. The van der Waals surface area contributed by atoms with Crippen molar-refractivity contribution in [3.8, 4) is 11.5 Å². The third-order valence-corrected chi connectivity index (χ3v) is 5.06. The van der Waals surface area contributed by atoms with E-state index in [1.165, 1.54) is 12.1 Å². The first kappa shape index (κ1) is 18.3. The van der Waals surface area contributed by atoms with E-state index in [9.17, 15) is 9.18 Å². The van der Waals surface area contributed by atoms with E-state index in [0.29, 0.717) is 23.9 Å². The lowest BCUT2D eigenvalue weighted by atomic mass is 10.1. The Labute approximate surface area is 163 Å². The lowest BCUT2D eigenvalue weighted by Gasteiger charge is -2.27. The van der Waals surface area contributed by atoms with Crippen molar-refractivity contribution in [1.29, 1.82) is 0 Å². The van der Waals surface area contributed by atoms with Gasteiger partial charge in [-0.05, 0) is 42.7 Å². The summed E-state index contributed by atoms with van der Waals surface area (Å²) in [6, 6.07) is 15.5. The van der Waals surface area contributed by atoms with Crippen LogP contribution in [0.4, 0.5) is 4.39 Å². The van der Waals surface area contributed by atoms with Crippen molar-refractivity contribution in [3.05, 3.63) is 71.9 Å². The zero-order chi connectivity index (χ0) is 19.3. The highest BCUT2D eigenvalue weighted by Crippen LogP contribution is 2.31. The summed E-state index contributed by atoms with van der Waals surface area (Å²) in [5.74, 6) is 0.546. The van der Waals surface area contributed by atoms with Crippen LogP contribution in [0.3, 0.4) is 0 Å². The average Bonchev–Trinajstić information content (AvgIpc) is 3.06. The van der Waals surface area contributed by atoms with Gasteiger partial charge in [-0.15, -0.1) is 10.2 Å². The maximum Gasteiger partial charge on any atom is 0.247 e. The van der Waals surface area contributed by atoms with Crippen LogP contribution in [-0.4, -0.2) is 27.5 Å². The smallest absolute Gasteiger partial charge is 0.247 e. The van der Waals surface area contributed by atoms with Gasteiger partial charge in [0.25, 0.3) is 0 Å². The fourth-order valence-corrected chi connectivity index (χ4v) is 3.65. The van der Waals surface area contributed by atoms with E-state index in [4.69, 9.17) is 4.42 Å². The summed E-state index contributed by atoms with van der Waals surface area (Å²) in [5.41, 5.74) is 1.52. The van der Waals surface area contributed by atoms with E-state index < -0.39 is 0 Å². The molecule has 5 nitrogen and oxygen atoms in total. The highest BCUT2D eigenvalue weighted by Gasteiger charge is 2.31. The second-order valence-corrected chi connectivity index (χ2v) is 7.07. The maximum atomic E-state index is 13.5. The number of hydrogen-bond donors (Lipinski definition) is 0. The Bertz CT molecular complexity index is 942.